The third kappa shape index (κ3) is 22.0. The Balaban J connectivity index is 0.981. The maximum Gasteiger partial charge on any atom is 0.326 e. The number of aliphatic hydroxyl groups excluding tert-OH is 1. The number of aliphatic hydroxyl groups is 1. The zero-order valence-corrected chi connectivity index (χ0v) is 55.1. The third-order valence-corrected chi connectivity index (χ3v) is 17.8. The lowest BCUT2D eigenvalue weighted by Gasteiger charge is -2.33. The van der Waals surface area contributed by atoms with Crippen LogP contribution in [0.2, 0.25) is 0 Å². The summed E-state index contributed by atoms with van der Waals surface area (Å²) in [6.07, 6.45) is 3.68. The molecule has 4 aliphatic heterocycles. The minimum absolute atomic E-state index is 0.0290. The minimum atomic E-state index is -1.62. The van der Waals surface area contributed by atoms with Crippen LogP contribution < -0.4 is 65.5 Å². The molecular formula is C64H88IN17O13. The van der Waals surface area contributed by atoms with Gasteiger partial charge in [0.1, 0.15) is 54.4 Å². The topological polar surface area (TPSA) is 463 Å². The predicted octanol–water partition coefficient (Wildman–Crippen LogP) is -2.75. The molecule has 4 heterocycles. The van der Waals surface area contributed by atoms with Crippen molar-refractivity contribution in [2.75, 3.05) is 52.4 Å². The molecule has 3 aromatic rings. The van der Waals surface area contributed by atoms with Crippen LogP contribution in [-0.4, -0.2) is 215 Å². The summed E-state index contributed by atoms with van der Waals surface area (Å²) in [5, 5.41) is 42.5. The van der Waals surface area contributed by atoms with Crippen molar-refractivity contribution in [3.05, 3.63) is 105 Å². The van der Waals surface area contributed by atoms with Gasteiger partial charge in [0, 0.05) is 55.6 Å². The van der Waals surface area contributed by atoms with Gasteiger partial charge in [0.05, 0.1) is 19.2 Å². The number of carbonyl (C=O) groups excluding carboxylic acids is 10. The molecule has 18 N–H and O–H groups in total. The van der Waals surface area contributed by atoms with Crippen LogP contribution in [0.4, 0.5) is 0 Å². The normalized spacial score (nSPS) is 19.3. The number of rotatable bonds is 33. The zero-order chi connectivity index (χ0) is 68.6. The van der Waals surface area contributed by atoms with Gasteiger partial charge in [-0.2, -0.15) is 0 Å². The number of carboxylic acid groups (broad SMARTS) is 1. The molecule has 4 saturated heterocycles. The van der Waals surface area contributed by atoms with Gasteiger partial charge >= 0.3 is 5.97 Å². The Bertz CT molecular complexity index is 3220. The minimum Gasteiger partial charge on any atom is -0.480 e. The SMILES string of the molecule is NC(N)=NCCC[C@H](NC(=O)[C@H](Cc1ccccc1)NC(=O)[C@@H]1CCCN1C(=O)[C@H](CO)NC(=O)[C@H](Cc1ccccc1)NC(=O)CNC(=O)[C@@H]1CCCN1C(=O)[C@@H]1CCCN1C(=O)[C@H](CCCN=C(N)N)NC(=O)[C@H](Cc1ccc(I)cc1)NC(=O)[C@@H]1CCCN1)C(=O)O. The fraction of sp³-hybridized carbons (Fsp3) is 0.516. The van der Waals surface area contributed by atoms with Crippen molar-refractivity contribution in [2.45, 2.75) is 157 Å². The first-order valence-electron chi connectivity index (χ1n) is 32.1. The Morgan fingerprint density at radius 1 is 0.516 bits per heavy atom. The number of hydrogen-bond donors (Lipinski definition) is 14. The van der Waals surface area contributed by atoms with Crippen molar-refractivity contribution >= 4 is 99.6 Å². The number of aliphatic imine (C=N–C) groups is 2. The molecule has 3 aromatic carbocycles. The van der Waals surface area contributed by atoms with Gasteiger partial charge in [-0.3, -0.25) is 57.9 Å². The molecule has 0 aliphatic carbocycles. The molecule has 10 amide bonds. The predicted molar refractivity (Wildman–Crippen MR) is 358 cm³/mol. The van der Waals surface area contributed by atoms with Gasteiger partial charge in [0.15, 0.2) is 11.9 Å². The van der Waals surface area contributed by atoms with Gasteiger partial charge in [-0.05, 0) is 135 Å². The van der Waals surface area contributed by atoms with E-state index in [1.165, 1.54) is 14.7 Å². The highest BCUT2D eigenvalue weighted by atomic mass is 127. The molecule has 4 fully saturated rings. The molecule has 0 spiro atoms. The van der Waals surface area contributed by atoms with Crippen LogP contribution in [0, 0.1) is 3.57 Å². The molecule has 514 valence electrons. The van der Waals surface area contributed by atoms with Crippen LogP contribution in [0.1, 0.15) is 93.7 Å². The number of benzene rings is 3. The molecule has 7 rings (SSSR count). The van der Waals surface area contributed by atoms with Crippen LogP contribution in [0.5, 0.6) is 0 Å². The van der Waals surface area contributed by atoms with Crippen molar-refractivity contribution in [3.63, 3.8) is 0 Å². The second-order valence-electron chi connectivity index (χ2n) is 24.0. The summed E-state index contributed by atoms with van der Waals surface area (Å²) in [4.78, 5) is 166. The summed E-state index contributed by atoms with van der Waals surface area (Å²) in [6.45, 7) is -0.322. The van der Waals surface area contributed by atoms with Gasteiger partial charge in [-0.15, -0.1) is 0 Å². The van der Waals surface area contributed by atoms with Gasteiger partial charge in [0.2, 0.25) is 59.1 Å². The average Bonchev–Trinajstić information content (AvgIpc) is 1.73. The zero-order valence-electron chi connectivity index (χ0n) is 52.9. The molecule has 4 aliphatic rings. The molecule has 95 heavy (non-hydrogen) atoms. The van der Waals surface area contributed by atoms with Crippen molar-refractivity contribution in [2.24, 2.45) is 32.9 Å². The molecule has 10 atom stereocenters. The van der Waals surface area contributed by atoms with E-state index < -0.39 is 133 Å². The lowest BCUT2D eigenvalue weighted by molar-refractivity contribution is -0.148. The third-order valence-electron chi connectivity index (χ3n) is 17.1. The fourth-order valence-corrected chi connectivity index (χ4v) is 12.5. The van der Waals surface area contributed by atoms with E-state index in [-0.39, 0.29) is 115 Å². The molecule has 0 aromatic heterocycles. The Labute approximate surface area is 564 Å². The van der Waals surface area contributed by atoms with Gasteiger partial charge in [0.25, 0.3) is 0 Å². The number of halogens is 1. The lowest BCUT2D eigenvalue weighted by atomic mass is 10.0. The second-order valence-corrected chi connectivity index (χ2v) is 25.2. The van der Waals surface area contributed by atoms with Crippen LogP contribution in [-0.2, 0) is 72.0 Å². The summed E-state index contributed by atoms with van der Waals surface area (Å²) in [5.74, 6) is -8.44. The van der Waals surface area contributed by atoms with Crippen LogP contribution in [0.3, 0.4) is 0 Å². The molecule has 0 saturated carbocycles. The number of amides is 10. The number of carbonyl (C=O) groups is 11. The number of nitrogens with zero attached hydrogens (tertiary/aromatic N) is 5. The van der Waals surface area contributed by atoms with E-state index in [0.29, 0.717) is 43.4 Å². The first kappa shape index (κ1) is 73.4. The lowest BCUT2D eigenvalue weighted by Crippen LogP contribution is -2.60. The first-order chi connectivity index (χ1) is 45.6. The number of guanidine groups is 2. The van der Waals surface area contributed by atoms with Crippen LogP contribution in [0.15, 0.2) is 94.9 Å². The highest BCUT2D eigenvalue weighted by Crippen LogP contribution is 2.27. The van der Waals surface area contributed by atoms with E-state index >= 15 is 0 Å². The van der Waals surface area contributed by atoms with Gasteiger partial charge in [-0.25, -0.2) is 4.79 Å². The number of carboxylic acids is 1. The first-order valence-corrected chi connectivity index (χ1v) is 33.2. The summed E-state index contributed by atoms with van der Waals surface area (Å²) in [7, 11) is 0. The maximum atomic E-state index is 14.7. The highest BCUT2D eigenvalue weighted by Gasteiger charge is 2.45. The van der Waals surface area contributed by atoms with Crippen molar-refractivity contribution in [1.82, 2.24) is 57.2 Å². The standard InChI is InChI=1S/C64H88IN17O13/c65-41-25-23-40(24-26-41)35-46(77-53(85)42-17-7-27-70-42)55(87)75-43(18-8-28-71-63(66)67)59(91)82-32-12-22-51(82)61(93)81-31-10-20-49(81)57(89)73-36-52(84)74-45(33-38-13-3-1-4-14-38)54(86)79-48(37-83)60(92)80-30-11-21-50(80)58(90)78-47(34-39-15-5-2-6-16-39)56(88)76-44(62(94)95)19-9-29-72-64(68)69/h1-6,13-16,23-26,42-51,70,83H,7-12,17-22,27-37H2,(H,73,89)(H,74,84)(H,75,87)(H,76,88)(H,77,85)(H,78,90)(H,79,86)(H,94,95)(H4,66,67,71)(H4,68,69,72)/t42-,43-,44-,45-,46-,47-,48-,49-,50-,51-/m0/s1. The summed E-state index contributed by atoms with van der Waals surface area (Å²) >= 11 is 2.17. The number of nitrogens with one attached hydrogen (secondary N) is 8. The molecule has 30 nitrogen and oxygen atoms in total. The second kappa shape index (κ2) is 36.6. The number of aliphatic carboxylic acids is 1. The van der Waals surface area contributed by atoms with E-state index in [9.17, 15) is 63.0 Å². The summed E-state index contributed by atoms with van der Waals surface area (Å²) in [6, 6.07) is 13.1. The Morgan fingerprint density at radius 3 is 1.48 bits per heavy atom. The smallest absolute Gasteiger partial charge is 0.326 e. The van der Waals surface area contributed by atoms with E-state index in [2.05, 4.69) is 75.1 Å². The molecule has 31 heteroatoms. The number of likely N-dealkylation sites (tertiary alicyclic amines) is 3. The molecule has 0 bridgehead atoms. The van der Waals surface area contributed by atoms with Crippen molar-refractivity contribution < 1.29 is 63.0 Å². The van der Waals surface area contributed by atoms with E-state index in [1.807, 2.05) is 24.3 Å². The van der Waals surface area contributed by atoms with E-state index in [0.717, 1.165) is 15.6 Å². The summed E-state index contributed by atoms with van der Waals surface area (Å²) in [5.41, 5.74) is 24.0. The van der Waals surface area contributed by atoms with Crippen molar-refractivity contribution in [3.8, 4) is 0 Å². The summed E-state index contributed by atoms with van der Waals surface area (Å²) < 4.78 is 0.975. The highest BCUT2D eigenvalue weighted by molar-refractivity contribution is 14.1. The van der Waals surface area contributed by atoms with Crippen LogP contribution in [0.25, 0.3) is 0 Å². The molecule has 0 radical (unpaired) electrons. The molecule has 0 unspecified atom stereocenters. The fourth-order valence-electron chi connectivity index (χ4n) is 12.2. The van der Waals surface area contributed by atoms with Gasteiger partial charge < -0.3 is 90.4 Å². The average molecular weight is 1430 g/mol. The largest absolute Gasteiger partial charge is 0.480 e. The van der Waals surface area contributed by atoms with E-state index in [1.54, 1.807) is 60.7 Å². The number of hydrogen-bond acceptors (Lipinski definition) is 15. The quantitative estimate of drug-likeness (QED) is 0.0127. The monoisotopic (exact) mass is 1430 g/mol. The Hall–Kier alpha value is -8.98. The molecular weight excluding hydrogens is 1340 g/mol. The van der Waals surface area contributed by atoms with Crippen LogP contribution >= 0.6 is 22.6 Å². The Kier molecular flexibility index (Phi) is 28.3. The maximum absolute atomic E-state index is 14.7. The van der Waals surface area contributed by atoms with E-state index in [4.69, 9.17) is 22.9 Å². The van der Waals surface area contributed by atoms with Gasteiger partial charge in [-0.1, -0.05) is 72.8 Å². The number of nitrogens with two attached hydrogens (primary N) is 4. The van der Waals surface area contributed by atoms with Crippen molar-refractivity contribution in [1.29, 1.82) is 0 Å². The Morgan fingerprint density at radius 2 is 0.968 bits per heavy atom.